The predicted octanol–water partition coefficient (Wildman–Crippen LogP) is 6.73. The van der Waals surface area contributed by atoms with E-state index in [4.69, 9.17) is 0 Å². The summed E-state index contributed by atoms with van der Waals surface area (Å²) in [6.45, 7) is 5.64. The molecule has 5 rings (SSSR count). The van der Waals surface area contributed by atoms with Crippen LogP contribution in [0, 0.1) is 0 Å². The Morgan fingerprint density at radius 3 is 1.30 bits per heavy atom. The smallest absolute Gasteiger partial charge is 0.0703 e. The molecule has 0 unspecified atom stereocenters. The maximum Gasteiger partial charge on any atom is 0.0703 e. The van der Waals surface area contributed by atoms with E-state index in [2.05, 4.69) is 134 Å². The summed E-state index contributed by atoms with van der Waals surface area (Å²) in [6.07, 6.45) is 0. The second kappa shape index (κ2) is 7.27. The van der Waals surface area contributed by atoms with Crippen molar-refractivity contribution in [3.8, 4) is 0 Å². The molecule has 1 heteroatoms. The fourth-order valence-electron chi connectivity index (χ4n) is 5.30. The highest BCUT2D eigenvalue weighted by molar-refractivity contribution is 5.55. The third-order valence-corrected chi connectivity index (χ3v) is 6.91. The monoisotopic (exact) mass is 389 g/mol. The molecule has 1 heterocycles. The molecular weight excluding hydrogens is 362 g/mol. The van der Waals surface area contributed by atoms with Crippen LogP contribution in [-0.2, 0) is 17.6 Å². The molecule has 30 heavy (non-hydrogen) atoms. The fourth-order valence-corrected chi connectivity index (χ4v) is 5.30. The van der Waals surface area contributed by atoms with Gasteiger partial charge in [-0.1, -0.05) is 115 Å². The second-order valence-corrected chi connectivity index (χ2v) is 8.49. The Balaban J connectivity index is 1.79. The van der Waals surface area contributed by atoms with Crippen molar-refractivity contribution in [3.63, 3.8) is 0 Å². The van der Waals surface area contributed by atoms with Crippen LogP contribution in [-0.4, -0.2) is 4.90 Å². The summed E-state index contributed by atoms with van der Waals surface area (Å²) in [4.78, 5) is 2.69. The first-order chi connectivity index (χ1) is 14.6. The Hall–Kier alpha value is -3.16. The van der Waals surface area contributed by atoms with E-state index in [1.165, 1.54) is 27.8 Å². The van der Waals surface area contributed by atoms with Gasteiger partial charge in [0.1, 0.15) is 0 Å². The van der Waals surface area contributed by atoms with E-state index in [1.54, 1.807) is 0 Å². The van der Waals surface area contributed by atoms with Crippen LogP contribution in [0.15, 0.2) is 115 Å². The van der Waals surface area contributed by atoms with Gasteiger partial charge in [-0.2, -0.15) is 0 Å². The summed E-state index contributed by atoms with van der Waals surface area (Å²) >= 11 is 0. The molecule has 0 N–H and O–H groups in total. The first-order valence-corrected chi connectivity index (χ1v) is 10.7. The van der Waals surface area contributed by atoms with E-state index >= 15 is 0 Å². The van der Waals surface area contributed by atoms with Crippen LogP contribution in [0.4, 0.5) is 0 Å². The summed E-state index contributed by atoms with van der Waals surface area (Å²) in [7, 11) is 0. The van der Waals surface area contributed by atoms with Gasteiger partial charge in [0.05, 0.1) is 11.1 Å². The van der Waals surface area contributed by atoms with E-state index in [0.29, 0.717) is 0 Å². The predicted molar refractivity (Wildman–Crippen MR) is 124 cm³/mol. The van der Waals surface area contributed by atoms with Gasteiger partial charge in [-0.15, -0.1) is 0 Å². The van der Waals surface area contributed by atoms with E-state index in [-0.39, 0.29) is 11.1 Å². The van der Waals surface area contributed by atoms with Gasteiger partial charge < -0.3 is 0 Å². The average molecular weight is 390 g/mol. The highest BCUT2D eigenvalue weighted by Crippen LogP contribution is 2.55. The SMILES string of the molecule is C[C@]1(c2ccccc2)c2ccccc2[C@](C)(c2ccccc2)N1Cc1ccccc1. The van der Waals surface area contributed by atoms with Crippen LogP contribution in [0.5, 0.6) is 0 Å². The van der Waals surface area contributed by atoms with Gasteiger partial charge >= 0.3 is 0 Å². The molecule has 0 aliphatic carbocycles. The lowest BCUT2D eigenvalue weighted by molar-refractivity contribution is 0.0585. The van der Waals surface area contributed by atoms with Gasteiger partial charge in [-0.3, -0.25) is 4.90 Å². The molecular formula is C29H27N. The first kappa shape index (κ1) is 18.8. The van der Waals surface area contributed by atoms with Crippen molar-refractivity contribution in [2.24, 2.45) is 0 Å². The number of fused-ring (bicyclic) bond motifs is 1. The van der Waals surface area contributed by atoms with Gasteiger partial charge in [0.15, 0.2) is 0 Å². The molecule has 0 bridgehead atoms. The number of nitrogens with zero attached hydrogens (tertiary/aromatic N) is 1. The van der Waals surface area contributed by atoms with Crippen LogP contribution >= 0.6 is 0 Å². The maximum absolute atomic E-state index is 2.69. The molecule has 148 valence electrons. The fraction of sp³-hybridized carbons (Fsp3) is 0.172. The topological polar surface area (TPSA) is 3.24 Å². The van der Waals surface area contributed by atoms with Crippen molar-refractivity contribution >= 4 is 0 Å². The summed E-state index contributed by atoms with van der Waals surface area (Å²) in [5, 5.41) is 0. The van der Waals surface area contributed by atoms with Crippen LogP contribution in [0.3, 0.4) is 0 Å². The van der Waals surface area contributed by atoms with Crippen LogP contribution < -0.4 is 0 Å². The molecule has 2 atom stereocenters. The molecule has 4 aromatic rings. The highest BCUT2D eigenvalue weighted by atomic mass is 15.3. The lowest BCUT2D eigenvalue weighted by Crippen LogP contribution is -2.49. The van der Waals surface area contributed by atoms with Crippen molar-refractivity contribution in [3.05, 3.63) is 143 Å². The van der Waals surface area contributed by atoms with Crippen LogP contribution in [0.1, 0.15) is 41.7 Å². The molecule has 0 radical (unpaired) electrons. The van der Waals surface area contributed by atoms with E-state index in [1.807, 2.05) is 0 Å². The molecule has 0 spiro atoms. The minimum absolute atomic E-state index is 0.238. The van der Waals surface area contributed by atoms with Crippen LogP contribution in [0.2, 0.25) is 0 Å². The minimum Gasteiger partial charge on any atom is -0.272 e. The number of hydrogen-bond donors (Lipinski definition) is 0. The molecule has 0 aromatic heterocycles. The number of hydrogen-bond acceptors (Lipinski definition) is 1. The molecule has 1 nitrogen and oxygen atoms in total. The van der Waals surface area contributed by atoms with Crippen molar-refractivity contribution in [2.75, 3.05) is 0 Å². The van der Waals surface area contributed by atoms with E-state index in [0.717, 1.165) is 6.54 Å². The van der Waals surface area contributed by atoms with Gasteiger partial charge in [-0.05, 0) is 41.7 Å². The van der Waals surface area contributed by atoms with Crippen molar-refractivity contribution in [1.29, 1.82) is 0 Å². The Labute approximate surface area is 179 Å². The number of benzene rings is 4. The lowest BCUT2D eigenvalue weighted by Gasteiger charge is -2.45. The normalized spacial score (nSPS) is 23.3. The summed E-state index contributed by atoms with van der Waals surface area (Å²) < 4.78 is 0. The zero-order valence-electron chi connectivity index (χ0n) is 17.6. The lowest BCUT2D eigenvalue weighted by atomic mass is 9.83. The third kappa shape index (κ3) is 2.74. The third-order valence-electron chi connectivity index (χ3n) is 6.91. The van der Waals surface area contributed by atoms with Crippen LogP contribution in [0.25, 0.3) is 0 Å². The molecule has 4 aromatic carbocycles. The van der Waals surface area contributed by atoms with Gasteiger partial charge in [0, 0.05) is 6.54 Å². The molecule has 1 aliphatic heterocycles. The van der Waals surface area contributed by atoms with Gasteiger partial charge in [-0.25, -0.2) is 0 Å². The summed E-state index contributed by atoms with van der Waals surface area (Å²) in [6, 6.07) is 41.7. The second-order valence-electron chi connectivity index (χ2n) is 8.49. The Morgan fingerprint density at radius 2 is 0.867 bits per heavy atom. The quantitative estimate of drug-likeness (QED) is 0.374. The zero-order chi connectivity index (χ0) is 20.6. The van der Waals surface area contributed by atoms with Crippen molar-refractivity contribution in [1.82, 2.24) is 4.90 Å². The first-order valence-electron chi connectivity index (χ1n) is 10.7. The Morgan fingerprint density at radius 1 is 0.500 bits per heavy atom. The Bertz CT molecular complexity index is 1060. The zero-order valence-corrected chi connectivity index (χ0v) is 17.6. The van der Waals surface area contributed by atoms with Gasteiger partial charge in [0.25, 0.3) is 0 Å². The standard InChI is InChI=1S/C29H27N/c1-28(24-16-8-4-9-17-24)26-20-12-13-21-27(26)29(2,25-18-10-5-11-19-25)30(28)22-23-14-6-3-7-15-23/h3-21H,22H2,1-2H3/t28-,29-/m0/s1. The molecule has 0 amide bonds. The highest BCUT2D eigenvalue weighted by Gasteiger charge is 2.54. The Kier molecular flexibility index (Phi) is 4.56. The van der Waals surface area contributed by atoms with Crippen molar-refractivity contribution in [2.45, 2.75) is 31.5 Å². The molecule has 0 saturated heterocycles. The molecule has 1 aliphatic rings. The molecule has 0 fully saturated rings. The minimum atomic E-state index is -0.238. The largest absolute Gasteiger partial charge is 0.272 e. The van der Waals surface area contributed by atoms with E-state index in [9.17, 15) is 0 Å². The van der Waals surface area contributed by atoms with Gasteiger partial charge in [0.2, 0.25) is 0 Å². The average Bonchev–Trinajstić information content (AvgIpc) is 3.02. The summed E-state index contributed by atoms with van der Waals surface area (Å²) in [5.74, 6) is 0. The summed E-state index contributed by atoms with van der Waals surface area (Å²) in [5.41, 5.74) is 6.28. The number of rotatable bonds is 4. The molecule has 0 saturated carbocycles. The maximum atomic E-state index is 2.69. The van der Waals surface area contributed by atoms with E-state index < -0.39 is 0 Å². The van der Waals surface area contributed by atoms with Crippen molar-refractivity contribution < 1.29 is 0 Å².